The van der Waals surface area contributed by atoms with Gasteiger partial charge in [-0.1, -0.05) is 11.8 Å². The van der Waals surface area contributed by atoms with E-state index in [1.807, 2.05) is 12.5 Å². The lowest BCUT2D eigenvalue weighted by molar-refractivity contribution is 0.558. The maximum absolute atomic E-state index is 5.86. The molecule has 1 aromatic heterocycles. The highest BCUT2D eigenvalue weighted by Crippen LogP contribution is 2.20. The molecule has 0 fully saturated rings. The van der Waals surface area contributed by atoms with Crippen LogP contribution in [-0.2, 0) is 12.8 Å². The molecule has 0 spiro atoms. The van der Waals surface area contributed by atoms with Gasteiger partial charge in [0, 0.05) is 17.9 Å². The highest BCUT2D eigenvalue weighted by molar-refractivity contribution is 7.98. The molecule has 0 amide bonds. The average molecular weight is 195 g/mol. The summed E-state index contributed by atoms with van der Waals surface area (Å²) in [7, 11) is 0. The van der Waals surface area contributed by atoms with Crippen LogP contribution in [-0.4, -0.2) is 22.3 Å². The molecule has 1 unspecified atom stereocenters. The number of rotatable bonds is 1. The van der Waals surface area contributed by atoms with Crippen LogP contribution in [0.25, 0.3) is 0 Å². The predicted molar refractivity (Wildman–Crippen MR) is 53.8 cm³/mol. The first-order valence-electron chi connectivity index (χ1n) is 4.44. The zero-order chi connectivity index (χ0) is 9.26. The van der Waals surface area contributed by atoms with Crippen LogP contribution in [0.1, 0.15) is 17.7 Å². The van der Waals surface area contributed by atoms with Crippen LogP contribution in [0.4, 0.5) is 0 Å². The molecule has 4 heteroatoms. The number of nitrogens with zero attached hydrogens (tertiary/aromatic N) is 2. The molecular weight excluding hydrogens is 182 g/mol. The number of thioether (sulfide) groups is 1. The van der Waals surface area contributed by atoms with Gasteiger partial charge in [0.15, 0.2) is 5.16 Å². The first-order chi connectivity index (χ1) is 6.29. The van der Waals surface area contributed by atoms with Crippen molar-refractivity contribution in [3.63, 3.8) is 0 Å². The molecule has 0 saturated carbocycles. The molecule has 1 aliphatic rings. The normalized spacial score (nSPS) is 21.2. The molecule has 3 nitrogen and oxygen atoms in total. The Bertz CT molecular complexity index is 314. The van der Waals surface area contributed by atoms with E-state index >= 15 is 0 Å². The van der Waals surface area contributed by atoms with Gasteiger partial charge in [-0.15, -0.1) is 0 Å². The van der Waals surface area contributed by atoms with Gasteiger partial charge < -0.3 is 5.73 Å². The highest BCUT2D eigenvalue weighted by atomic mass is 32.2. The Hall–Kier alpha value is -0.610. The van der Waals surface area contributed by atoms with Crippen LogP contribution in [0.3, 0.4) is 0 Å². The Morgan fingerprint density at radius 2 is 2.46 bits per heavy atom. The van der Waals surface area contributed by atoms with E-state index in [9.17, 15) is 0 Å². The van der Waals surface area contributed by atoms with Crippen molar-refractivity contribution < 1.29 is 0 Å². The van der Waals surface area contributed by atoms with Crippen LogP contribution in [0.15, 0.2) is 11.4 Å². The zero-order valence-electron chi connectivity index (χ0n) is 7.66. The van der Waals surface area contributed by atoms with Crippen molar-refractivity contribution in [3.05, 3.63) is 17.5 Å². The molecule has 0 radical (unpaired) electrons. The minimum Gasteiger partial charge on any atom is -0.327 e. The van der Waals surface area contributed by atoms with Crippen molar-refractivity contribution in [1.82, 2.24) is 9.97 Å². The van der Waals surface area contributed by atoms with E-state index in [4.69, 9.17) is 5.73 Å². The number of hydrogen-bond donors (Lipinski definition) is 1. The van der Waals surface area contributed by atoms with Crippen molar-refractivity contribution in [2.24, 2.45) is 5.73 Å². The van der Waals surface area contributed by atoms with Crippen molar-refractivity contribution in [2.45, 2.75) is 30.5 Å². The first kappa shape index (κ1) is 8.97. The Labute approximate surface area is 82.2 Å². The zero-order valence-corrected chi connectivity index (χ0v) is 8.47. The maximum Gasteiger partial charge on any atom is 0.187 e. The molecule has 1 atom stereocenters. The van der Waals surface area contributed by atoms with Gasteiger partial charge in [-0.2, -0.15) is 0 Å². The summed E-state index contributed by atoms with van der Waals surface area (Å²) < 4.78 is 0. The molecule has 0 bridgehead atoms. The summed E-state index contributed by atoms with van der Waals surface area (Å²) in [6.07, 6.45) is 6.91. The molecule has 1 aromatic rings. The third-order valence-electron chi connectivity index (χ3n) is 2.35. The fraction of sp³-hybridized carbons (Fsp3) is 0.556. The molecule has 2 rings (SSSR count). The smallest absolute Gasteiger partial charge is 0.187 e. The van der Waals surface area contributed by atoms with Crippen molar-refractivity contribution in [3.8, 4) is 0 Å². The number of nitrogens with two attached hydrogens (primary N) is 1. The summed E-state index contributed by atoms with van der Waals surface area (Å²) in [5.41, 5.74) is 8.29. The minimum atomic E-state index is 0.302. The average Bonchev–Trinajstić information content (AvgIpc) is 2.17. The minimum absolute atomic E-state index is 0.302. The lowest BCUT2D eigenvalue weighted by Crippen LogP contribution is -2.28. The summed E-state index contributed by atoms with van der Waals surface area (Å²) in [6.45, 7) is 0. The Balaban J connectivity index is 2.31. The summed E-state index contributed by atoms with van der Waals surface area (Å²) >= 11 is 1.59. The van der Waals surface area contributed by atoms with Gasteiger partial charge in [-0.25, -0.2) is 9.97 Å². The Morgan fingerprint density at radius 1 is 1.62 bits per heavy atom. The lowest BCUT2D eigenvalue weighted by Gasteiger charge is -2.19. The van der Waals surface area contributed by atoms with E-state index in [1.165, 1.54) is 11.3 Å². The topological polar surface area (TPSA) is 51.8 Å². The van der Waals surface area contributed by atoms with Gasteiger partial charge in [0.05, 0.1) is 0 Å². The second-order valence-corrected chi connectivity index (χ2v) is 4.10. The molecule has 0 aliphatic heterocycles. The first-order valence-corrected chi connectivity index (χ1v) is 5.66. The Kier molecular flexibility index (Phi) is 2.51. The van der Waals surface area contributed by atoms with Crippen molar-refractivity contribution >= 4 is 11.8 Å². The number of fused-ring (bicyclic) bond motifs is 1. The van der Waals surface area contributed by atoms with E-state index in [2.05, 4.69) is 9.97 Å². The standard InChI is InChI=1S/C9H13N3S/c1-13-9-11-5-6-4-7(10)2-3-8(6)12-9/h5,7H,2-4,10H2,1H3. The van der Waals surface area contributed by atoms with Crippen LogP contribution in [0.2, 0.25) is 0 Å². The number of aryl methyl sites for hydroxylation is 1. The van der Waals surface area contributed by atoms with E-state index in [-0.39, 0.29) is 0 Å². The lowest BCUT2D eigenvalue weighted by atomic mass is 9.94. The molecule has 1 heterocycles. The molecule has 0 aromatic carbocycles. The van der Waals surface area contributed by atoms with Gasteiger partial charge >= 0.3 is 0 Å². The van der Waals surface area contributed by atoms with Gasteiger partial charge in [0.2, 0.25) is 0 Å². The number of hydrogen-bond acceptors (Lipinski definition) is 4. The summed E-state index contributed by atoms with van der Waals surface area (Å²) in [6, 6.07) is 0.302. The summed E-state index contributed by atoms with van der Waals surface area (Å²) in [4.78, 5) is 8.70. The molecule has 70 valence electrons. The third-order valence-corrected chi connectivity index (χ3v) is 2.91. The SMILES string of the molecule is CSc1ncc2c(n1)CCC(N)C2. The maximum atomic E-state index is 5.86. The third kappa shape index (κ3) is 1.84. The molecule has 13 heavy (non-hydrogen) atoms. The Morgan fingerprint density at radius 3 is 3.23 bits per heavy atom. The second kappa shape index (κ2) is 3.64. The van der Waals surface area contributed by atoms with Crippen LogP contribution < -0.4 is 5.73 Å². The fourth-order valence-corrected chi connectivity index (χ4v) is 1.98. The fourth-order valence-electron chi connectivity index (χ4n) is 1.62. The van der Waals surface area contributed by atoms with Crippen molar-refractivity contribution in [1.29, 1.82) is 0 Å². The highest BCUT2D eigenvalue weighted by Gasteiger charge is 2.16. The van der Waals surface area contributed by atoms with E-state index in [0.29, 0.717) is 6.04 Å². The van der Waals surface area contributed by atoms with Crippen LogP contribution >= 0.6 is 11.8 Å². The predicted octanol–water partition coefficient (Wildman–Crippen LogP) is 1.01. The molecular formula is C9H13N3S. The number of aromatic nitrogens is 2. The van der Waals surface area contributed by atoms with Gasteiger partial charge in [-0.05, 0) is 31.1 Å². The van der Waals surface area contributed by atoms with Gasteiger partial charge in [0.25, 0.3) is 0 Å². The monoisotopic (exact) mass is 195 g/mol. The largest absolute Gasteiger partial charge is 0.327 e. The van der Waals surface area contributed by atoms with Gasteiger partial charge in [-0.3, -0.25) is 0 Å². The van der Waals surface area contributed by atoms with Crippen LogP contribution in [0, 0.1) is 0 Å². The molecule has 0 saturated heterocycles. The van der Waals surface area contributed by atoms with E-state index in [0.717, 1.165) is 24.4 Å². The van der Waals surface area contributed by atoms with E-state index < -0.39 is 0 Å². The molecule has 2 N–H and O–H groups in total. The van der Waals surface area contributed by atoms with Crippen molar-refractivity contribution in [2.75, 3.05) is 6.26 Å². The van der Waals surface area contributed by atoms with Crippen LogP contribution in [0.5, 0.6) is 0 Å². The summed E-state index contributed by atoms with van der Waals surface area (Å²) in [5.74, 6) is 0. The van der Waals surface area contributed by atoms with E-state index in [1.54, 1.807) is 11.8 Å². The second-order valence-electron chi connectivity index (χ2n) is 3.33. The van der Waals surface area contributed by atoms with Gasteiger partial charge in [0.1, 0.15) is 0 Å². The quantitative estimate of drug-likeness (QED) is 0.537. The summed E-state index contributed by atoms with van der Waals surface area (Å²) in [5, 5.41) is 0.870. The molecule has 1 aliphatic carbocycles.